The van der Waals surface area contributed by atoms with Crippen LogP contribution in [0.5, 0.6) is 11.5 Å². The molecular formula is C16H22N2O2. The summed E-state index contributed by atoms with van der Waals surface area (Å²) >= 11 is 0. The summed E-state index contributed by atoms with van der Waals surface area (Å²) in [5.74, 6) is 1.51. The number of aryl methyl sites for hydroxylation is 1. The molecule has 20 heavy (non-hydrogen) atoms. The van der Waals surface area contributed by atoms with E-state index in [0.29, 0.717) is 6.42 Å². The summed E-state index contributed by atoms with van der Waals surface area (Å²) < 4.78 is 11.4. The number of hydrogen-bond acceptors (Lipinski definition) is 4. The minimum atomic E-state index is -0.457. The number of nitriles is 1. The lowest BCUT2D eigenvalue weighted by molar-refractivity contribution is 0.112. The van der Waals surface area contributed by atoms with Gasteiger partial charge in [-0.1, -0.05) is 6.07 Å². The second-order valence-corrected chi connectivity index (χ2v) is 5.43. The van der Waals surface area contributed by atoms with Gasteiger partial charge in [-0.3, -0.25) is 0 Å². The Morgan fingerprint density at radius 1 is 1.40 bits per heavy atom. The number of rotatable bonds is 4. The van der Waals surface area contributed by atoms with Gasteiger partial charge in [0.2, 0.25) is 0 Å². The summed E-state index contributed by atoms with van der Waals surface area (Å²) in [6.45, 7) is 2.02. The number of benzene rings is 1. The zero-order valence-electron chi connectivity index (χ0n) is 12.4. The number of methoxy groups -OCH3 is 1. The first-order valence-electron chi connectivity index (χ1n) is 7.04. The zero-order chi connectivity index (χ0) is 14.6. The number of nitrogens with zero attached hydrogens (tertiary/aromatic N) is 1. The number of hydrogen-bond donors (Lipinski definition) is 1. The molecule has 4 heteroatoms. The van der Waals surface area contributed by atoms with Crippen LogP contribution in [0.25, 0.3) is 0 Å². The van der Waals surface area contributed by atoms with E-state index in [1.807, 2.05) is 32.2 Å². The highest BCUT2D eigenvalue weighted by Crippen LogP contribution is 2.34. The topological polar surface area (TPSA) is 54.3 Å². The Hall–Kier alpha value is -1.73. The fraction of sp³-hybridized carbons (Fsp3) is 0.562. The summed E-state index contributed by atoms with van der Waals surface area (Å²) in [6.07, 6.45) is 3.60. The molecule has 1 aliphatic carbocycles. The smallest absolute Gasteiger partial charge is 0.161 e. The number of nitrogens with one attached hydrogen (secondary N) is 1. The highest BCUT2D eigenvalue weighted by Gasteiger charge is 2.36. The van der Waals surface area contributed by atoms with Crippen molar-refractivity contribution in [2.45, 2.75) is 44.2 Å². The van der Waals surface area contributed by atoms with Gasteiger partial charge < -0.3 is 14.8 Å². The van der Waals surface area contributed by atoms with Crippen LogP contribution in [0.3, 0.4) is 0 Å². The highest BCUT2D eigenvalue weighted by atomic mass is 16.5. The lowest BCUT2D eigenvalue weighted by Gasteiger charge is -2.35. The van der Waals surface area contributed by atoms with E-state index in [2.05, 4.69) is 11.4 Å². The van der Waals surface area contributed by atoms with Gasteiger partial charge in [-0.2, -0.15) is 5.26 Å². The minimum Gasteiger partial charge on any atom is -0.493 e. The Bertz CT molecular complexity index is 510. The van der Waals surface area contributed by atoms with E-state index in [-0.39, 0.29) is 6.10 Å². The van der Waals surface area contributed by atoms with Gasteiger partial charge in [0.05, 0.1) is 13.2 Å². The standard InChI is InChI=1S/C16H22N2O2/c1-12-6-7-14(15(9-12)19-3)20-13-5-4-8-16(10-13,11-17)18-2/h6-7,9,13,18H,4-5,8,10H2,1-3H3. The molecule has 1 aliphatic rings. The SMILES string of the molecule is CNC1(C#N)CCCC(Oc2ccc(C)cc2OC)C1. The van der Waals surface area contributed by atoms with E-state index in [1.54, 1.807) is 7.11 Å². The van der Waals surface area contributed by atoms with Crippen molar-refractivity contribution in [2.24, 2.45) is 0 Å². The predicted octanol–water partition coefficient (Wildman–Crippen LogP) is 2.81. The van der Waals surface area contributed by atoms with Crippen molar-refractivity contribution < 1.29 is 9.47 Å². The van der Waals surface area contributed by atoms with Crippen LogP contribution in [0.15, 0.2) is 18.2 Å². The molecule has 0 saturated heterocycles. The van der Waals surface area contributed by atoms with Crippen LogP contribution < -0.4 is 14.8 Å². The molecule has 2 unspecified atom stereocenters. The molecule has 1 aromatic carbocycles. The molecule has 0 aromatic heterocycles. The quantitative estimate of drug-likeness (QED) is 0.917. The molecule has 1 saturated carbocycles. The molecule has 0 amide bonds. The maximum atomic E-state index is 9.37. The molecule has 2 rings (SSSR count). The van der Waals surface area contributed by atoms with Gasteiger partial charge in [0.1, 0.15) is 11.6 Å². The van der Waals surface area contributed by atoms with Crippen LogP contribution in [0.4, 0.5) is 0 Å². The summed E-state index contributed by atoms with van der Waals surface area (Å²) in [5.41, 5.74) is 0.681. The van der Waals surface area contributed by atoms with Gasteiger partial charge in [0.25, 0.3) is 0 Å². The molecule has 1 N–H and O–H groups in total. The summed E-state index contributed by atoms with van der Waals surface area (Å²) in [5, 5.41) is 12.5. The van der Waals surface area contributed by atoms with Crippen molar-refractivity contribution in [3.8, 4) is 17.6 Å². The summed E-state index contributed by atoms with van der Waals surface area (Å²) in [7, 11) is 3.49. The third-order valence-corrected chi connectivity index (χ3v) is 4.01. The molecule has 108 valence electrons. The molecule has 0 radical (unpaired) electrons. The maximum Gasteiger partial charge on any atom is 0.161 e. The first-order chi connectivity index (χ1) is 9.62. The van der Waals surface area contributed by atoms with E-state index in [9.17, 15) is 5.26 Å². The van der Waals surface area contributed by atoms with Gasteiger partial charge in [0, 0.05) is 6.42 Å². The molecular weight excluding hydrogens is 252 g/mol. The third kappa shape index (κ3) is 3.05. The molecule has 4 nitrogen and oxygen atoms in total. The number of ether oxygens (including phenoxy) is 2. The molecule has 0 aliphatic heterocycles. The Balaban J connectivity index is 2.12. The van der Waals surface area contributed by atoms with E-state index in [1.165, 1.54) is 0 Å². The van der Waals surface area contributed by atoms with Crippen molar-refractivity contribution in [2.75, 3.05) is 14.2 Å². The normalized spacial score (nSPS) is 25.8. The Morgan fingerprint density at radius 3 is 2.85 bits per heavy atom. The highest BCUT2D eigenvalue weighted by molar-refractivity contribution is 5.42. The molecule has 0 heterocycles. The predicted molar refractivity (Wildman–Crippen MR) is 78.0 cm³/mol. The van der Waals surface area contributed by atoms with Gasteiger partial charge in [-0.15, -0.1) is 0 Å². The Labute approximate surface area is 120 Å². The monoisotopic (exact) mass is 274 g/mol. The molecule has 2 atom stereocenters. The molecule has 0 bridgehead atoms. The fourth-order valence-electron chi connectivity index (χ4n) is 2.76. The van der Waals surface area contributed by atoms with Gasteiger partial charge in [-0.25, -0.2) is 0 Å². The third-order valence-electron chi connectivity index (χ3n) is 4.01. The maximum absolute atomic E-state index is 9.37. The lowest BCUT2D eigenvalue weighted by atomic mass is 9.81. The van der Waals surface area contributed by atoms with Crippen LogP contribution in [-0.4, -0.2) is 25.8 Å². The van der Waals surface area contributed by atoms with Crippen LogP contribution in [0, 0.1) is 18.3 Å². The van der Waals surface area contributed by atoms with Crippen molar-refractivity contribution in [1.29, 1.82) is 5.26 Å². The largest absolute Gasteiger partial charge is 0.493 e. The first kappa shape index (κ1) is 14.7. The molecule has 1 fully saturated rings. The van der Waals surface area contributed by atoms with E-state index in [4.69, 9.17) is 9.47 Å². The van der Waals surface area contributed by atoms with Crippen molar-refractivity contribution in [3.63, 3.8) is 0 Å². The average molecular weight is 274 g/mol. The average Bonchev–Trinajstić information content (AvgIpc) is 2.49. The second kappa shape index (κ2) is 6.15. The Morgan fingerprint density at radius 2 is 2.20 bits per heavy atom. The Kier molecular flexibility index (Phi) is 4.51. The van der Waals surface area contributed by atoms with Crippen molar-refractivity contribution >= 4 is 0 Å². The van der Waals surface area contributed by atoms with E-state index in [0.717, 1.165) is 36.3 Å². The summed E-state index contributed by atoms with van der Waals surface area (Å²) in [6, 6.07) is 8.32. The van der Waals surface area contributed by atoms with Crippen LogP contribution in [0.1, 0.15) is 31.2 Å². The fourth-order valence-corrected chi connectivity index (χ4v) is 2.76. The van der Waals surface area contributed by atoms with Crippen LogP contribution in [0.2, 0.25) is 0 Å². The first-order valence-corrected chi connectivity index (χ1v) is 7.04. The van der Waals surface area contributed by atoms with Gasteiger partial charge in [0.15, 0.2) is 11.5 Å². The van der Waals surface area contributed by atoms with E-state index < -0.39 is 5.54 Å². The second-order valence-electron chi connectivity index (χ2n) is 5.43. The van der Waals surface area contributed by atoms with Gasteiger partial charge in [-0.05, 0) is 50.9 Å². The van der Waals surface area contributed by atoms with E-state index >= 15 is 0 Å². The summed E-state index contributed by atoms with van der Waals surface area (Å²) in [4.78, 5) is 0. The lowest BCUT2D eigenvalue weighted by Crippen LogP contribution is -2.48. The van der Waals surface area contributed by atoms with Crippen molar-refractivity contribution in [1.82, 2.24) is 5.32 Å². The van der Waals surface area contributed by atoms with Crippen LogP contribution >= 0.6 is 0 Å². The van der Waals surface area contributed by atoms with Crippen molar-refractivity contribution in [3.05, 3.63) is 23.8 Å². The molecule has 0 spiro atoms. The zero-order valence-corrected chi connectivity index (χ0v) is 12.4. The van der Waals surface area contributed by atoms with Gasteiger partial charge >= 0.3 is 0 Å². The van der Waals surface area contributed by atoms with Crippen LogP contribution in [-0.2, 0) is 0 Å². The minimum absolute atomic E-state index is 0.0486. The molecule has 1 aromatic rings.